The second kappa shape index (κ2) is 6.97. The molecule has 0 spiro atoms. The fourth-order valence-corrected chi connectivity index (χ4v) is 2.46. The molecule has 24 heavy (non-hydrogen) atoms. The highest BCUT2D eigenvalue weighted by atomic mass is 35.5. The van der Waals surface area contributed by atoms with E-state index in [0.29, 0.717) is 22.2 Å². The number of aromatic nitrogens is 1. The Kier molecular flexibility index (Phi) is 4.76. The molecular formula is C19H18ClNO3. The predicted molar refractivity (Wildman–Crippen MR) is 96.7 cm³/mol. The molecule has 0 N–H and O–H groups in total. The Morgan fingerprint density at radius 2 is 1.92 bits per heavy atom. The van der Waals surface area contributed by atoms with Gasteiger partial charge in [-0.1, -0.05) is 17.7 Å². The first-order valence-electron chi connectivity index (χ1n) is 7.64. The van der Waals surface area contributed by atoms with Gasteiger partial charge in [0.2, 0.25) is 5.89 Å². The molecule has 0 radical (unpaired) electrons. The maximum absolute atomic E-state index is 5.96. The maximum Gasteiger partial charge on any atom is 0.220 e. The molecule has 4 nitrogen and oxygen atoms in total. The van der Waals surface area contributed by atoms with Crippen LogP contribution in [0.4, 0.5) is 0 Å². The van der Waals surface area contributed by atoms with Gasteiger partial charge in [0.05, 0.1) is 13.2 Å². The van der Waals surface area contributed by atoms with E-state index in [-0.39, 0.29) is 6.10 Å². The minimum atomic E-state index is 0.0897. The van der Waals surface area contributed by atoms with Crippen LogP contribution in [0, 0.1) is 0 Å². The third kappa shape index (κ3) is 3.71. The Bertz CT molecular complexity index is 883. The topological polar surface area (TPSA) is 44.5 Å². The lowest BCUT2D eigenvalue weighted by Gasteiger charge is -2.13. The summed E-state index contributed by atoms with van der Waals surface area (Å²) in [4.78, 5) is 4.39. The lowest BCUT2D eigenvalue weighted by Crippen LogP contribution is -2.06. The second-order valence-corrected chi connectivity index (χ2v) is 6.01. The lowest BCUT2D eigenvalue weighted by molar-refractivity contribution is 0.230. The number of ether oxygens (including phenoxy) is 2. The molecular weight excluding hydrogens is 326 g/mol. The fraction of sp³-hybridized carbons (Fsp3) is 0.211. The molecule has 0 bridgehead atoms. The molecule has 0 unspecified atom stereocenters. The highest BCUT2D eigenvalue weighted by molar-refractivity contribution is 6.31. The van der Waals surface area contributed by atoms with Crippen LogP contribution in [0.25, 0.3) is 23.3 Å². The number of nitrogens with zero attached hydrogens (tertiary/aromatic N) is 1. The van der Waals surface area contributed by atoms with Crippen molar-refractivity contribution in [3.63, 3.8) is 0 Å². The van der Waals surface area contributed by atoms with Crippen LogP contribution in [0.2, 0.25) is 5.02 Å². The molecule has 5 heteroatoms. The average molecular weight is 344 g/mol. The molecule has 3 rings (SSSR count). The van der Waals surface area contributed by atoms with Crippen LogP contribution >= 0.6 is 11.6 Å². The Labute approximate surface area is 145 Å². The molecule has 0 atom stereocenters. The summed E-state index contributed by atoms with van der Waals surface area (Å²) in [5.41, 5.74) is 2.40. The molecule has 0 aliphatic carbocycles. The fourth-order valence-electron chi connectivity index (χ4n) is 2.30. The van der Waals surface area contributed by atoms with E-state index in [9.17, 15) is 0 Å². The molecule has 1 aromatic heterocycles. The van der Waals surface area contributed by atoms with Crippen molar-refractivity contribution in [2.45, 2.75) is 20.0 Å². The van der Waals surface area contributed by atoms with Gasteiger partial charge in [0.15, 0.2) is 17.1 Å². The predicted octanol–water partition coefficient (Wildman–Crippen LogP) is 5.45. The number of halogens is 1. The maximum atomic E-state index is 5.96. The van der Waals surface area contributed by atoms with Crippen molar-refractivity contribution in [2.75, 3.05) is 7.11 Å². The molecule has 2 aromatic carbocycles. The first-order chi connectivity index (χ1) is 11.5. The highest BCUT2D eigenvalue weighted by Crippen LogP contribution is 2.30. The highest BCUT2D eigenvalue weighted by Gasteiger charge is 2.07. The van der Waals surface area contributed by atoms with Crippen LogP contribution in [0.1, 0.15) is 25.3 Å². The van der Waals surface area contributed by atoms with Crippen LogP contribution in [0.5, 0.6) is 11.5 Å². The van der Waals surface area contributed by atoms with E-state index in [4.69, 9.17) is 25.5 Å². The molecule has 1 heterocycles. The minimum absolute atomic E-state index is 0.0897. The monoisotopic (exact) mass is 343 g/mol. The summed E-state index contributed by atoms with van der Waals surface area (Å²) in [5, 5.41) is 0.636. The van der Waals surface area contributed by atoms with Crippen molar-refractivity contribution >= 4 is 34.9 Å². The quantitative estimate of drug-likeness (QED) is 0.618. The normalized spacial score (nSPS) is 11.5. The van der Waals surface area contributed by atoms with Crippen molar-refractivity contribution in [3.05, 3.63) is 52.9 Å². The number of hydrogen-bond donors (Lipinski definition) is 0. The molecule has 0 aliphatic rings. The summed E-state index contributed by atoms with van der Waals surface area (Å²) in [6.45, 7) is 3.96. The molecule has 0 saturated heterocycles. The Morgan fingerprint density at radius 3 is 2.67 bits per heavy atom. The van der Waals surface area contributed by atoms with E-state index < -0.39 is 0 Å². The van der Waals surface area contributed by atoms with Crippen molar-refractivity contribution in [3.8, 4) is 11.5 Å². The van der Waals surface area contributed by atoms with Gasteiger partial charge in [-0.2, -0.15) is 0 Å². The number of rotatable bonds is 5. The van der Waals surface area contributed by atoms with Gasteiger partial charge in [0, 0.05) is 11.1 Å². The zero-order valence-electron chi connectivity index (χ0n) is 13.7. The first-order valence-corrected chi connectivity index (χ1v) is 8.02. The van der Waals surface area contributed by atoms with Crippen molar-refractivity contribution < 1.29 is 13.9 Å². The standard InChI is InChI=1S/C19H18ClNO3/c1-12(2)23-17-7-4-13(10-18(17)22-3)5-9-19-21-15-11-14(20)6-8-16(15)24-19/h4-12H,1-3H3. The van der Waals surface area contributed by atoms with Gasteiger partial charge in [-0.25, -0.2) is 4.98 Å². The van der Waals surface area contributed by atoms with Gasteiger partial charge in [0.25, 0.3) is 0 Å². The van der Waals surface area contributed by atoms with Gasteiger partial charge in [-0.05, 0) is 55.8 Å². The van der Waals surface area contributed by atoms with E-state index in [1.54, 1.807) is 19.2 Å². The third-order valence-corrected chi connectivity index (χ3v) is 3.57. The van der Waals surface area contributed by atoms with Crippen LogP contribution in [0.15, 0.2) is 40.8 Å². The van der Waals surface area contributed by atoms with Crippen LogP contribution in [-0.4, -0.2) is 18.2 Å². The summed E-state index contributed by atoms with van der Waals surface area (Å²) in [7, 11) is 1.63. The Morgan fingerprint density at radius 1 is 1.08 bits per heavy atom. The van der Waals surface area contributed by atoms with Crippen molar-refractivity contribution in [2.24, 2.45) is 0 Å². The lowest BCUT2D eigenvalue weighted by atomic mass is 10.2. The summed E-state index contributed by atoms with van der Waals surface area (Å²) in [6, 6.07) is 11.1. The molecule has 0 amide bonds. The van der Waals surface area contributed by atoms with E-state index in [0.717, 1.165) is 16.8 Å². The molecule has 0 aliphatic heterocycles. The number of oxazole rings is 1. The third-order valence-electron chi connectivity index (χ3n) is 3.33. The Balaban J connectivity index is 1.84. The number of benzene rings is 2. The van der Waals surface area contributed by atoms with Gasteiger partial charge in [0.1, 0.15) is 5.52 Å². The van der Waals surface area contributed by atoms with Gasteiger partial charge in [-0.3, -0.25) is 0 Å². The number of methoxy groups -OCH3 is 1. The van der Waals surface area contributed by atoms with E-state index in [2.05, 4.69) is 4.98 Å². The van der Waals surface area contributed by atoms with Gasteiger partial charge < -0.3 is 13.9 Å². The molecule has 0 saturated carbocycles. The zero-order valence-corrected chi connectivity index (χ0v) is 14.5. The smallest absolute Gasteiger partial charge is 0.220 e. The first kappa shape index (κ1) is 16.4. The minimum Gasteiger partial charge on any atom is -0.493 e. The largest absolute Gasteiger partial charge is 0.493 e. The van der Waals surface area contributed by atoms with Crippen LogP contribution in [0.3, 0.4) is 0 Å². The summed E-state index contributed by atoms with van der Waals surface area (Å²) >= 11 is 5.96. The van der Waals surface area contributed by atoms with Crippen LogP contribution in [-0.2, 0) is 0 Å². The summed E-state index contributed by atoms with van der Waals surface area (Å²) in [6.07, 6.45) is 3.81. The molecule has 0 fully saturated rings. The van der Waals surface area contributed by atoms with Crippen molar-refractivity contribution in [1.29, 1.82) is 0 Å². The van der Waals surface area contributed by atoms with E-state index in [1.807, 2.05) is 50.3 Å². The van der Waals surface area contributed by atoms with E-state index >= 15 is 0 Å². The Hall–Kier alpha value is -2.46. The van der Waals surface area contributed by atoms with Crippen molar-refractivity contribution in [1.82, 2.24) is 4.98 Å². The van der Waals surface area contributed by atoms with Gasteiger partial charge >= 0.3 is 0 Å². The summed E-state index contributed by atoms with van der Waals surface area (Å²) in [5.74, 6) is 1.94. The van der Waals surface area contributed by atoms with Crippen LogP contribution < -0.4 is 9.47 Å². The number of hydrogen-bond acceptors (Lipinski definition) is 4. The SMILES string of the molecule is COc1cc(C=Cc2nc3cc(Cl)ccc3o2)ccc1OC(C)C. The van der Waals surface area contributed by atoms with Gasteiger partial charge in [-0.15, -0.1) is 0 Å². The van der Waals surface area contributed by atoms with E-state index in [1.165, 1.54) is 0 Å². The molecule has 124 valence electrons. The number of fused-ring (bicyclic) bond motifs is 1. The average Bonchev–Trinajstić information content (AvgIpc) is 2.95. The summed E-state index contributed by atoms with van der Waals surface area (Å²) < 4.78 is 16.8. The second-order valence-electron chi connectivity index (χ2n) is 5.57. The zero-order chi connectivity index (χ0) is 17.1. The molecule has 3 aromatic rings.